The molecule has 35 valence electrons. The van der Waals surface area contributed by atoms with Gasteiger partial charge < -0.3 is 5.11 Å². The van der Waals surface area contributed by atoms with Crippen molar-refractivity contribution in [3.8, 4) is 0 Å². The lowest BCUT2D eigenvalue weighted by molar-refractivity contribution is 0.196. The molecular weight excluding hydrogens is 78.0 g/mol. The van der Waals surface area contributed by atoms with Gasteiger partial charge in [-0.15, -0.1) is 0 Å². The number of aliphatic hydroxyl groups excluding tert-OH is 1. The minimum Gasteiger partial charge on any atom is -0.392 e. The van der Waals surface area contributed by atoms with Gasteiger partial charge in [-0.2, -0.15) is 0 Å². The Morgan fingerprint density at radius 1 is 1.67 bits per heavy atom. The van der Waals surface area contributed by atoms with Crippen molar-refractivity contribution < 1.29 is 5.11 Å². The monoisotopic (exact) mass is 86.1 g/mol. The highest BCUT2D eigenvalue weighted by atomic mass is 16.3. The number of nitrogens with zero attached hydrogens (tertiary/aromatic N) is 1. The van der Waals surface area contributed by atoms with Crippen LogP contribution in [-0.4, -0.2) is 24.3 Å². The quantitative estimate of drug-likeness (QED) is 0.418. The van der Waals surface area contributed by atoms with E-state index in [-0.39, 0.29) is 6.10 Å². The first-order valence-corrected chi connectivity index (χ1v) is 2.21. The standard InChI is InChI=1S/C4H8NO/c6-4-1-2-5-3-4/h4,6H,1-3H2/t4-/m0/s1. The molecule has 0 aromatic carbocycles. The van der Waals surface area contributed by atoms with Gasteiger partial charge in [0.1, 0.15) is 0 Å². The van der Waals surface area contributed by atoms with Gasteiger partial charge in [-0.05, 0) is 6.42 Å². The second-order valence-corrected chi connectivity index (χ2v) is 1.57. The van der Waals surface area contributed by atoms with E-state index in [1.54, 1.807) is 0 Å². The van der Waals surface area contributed by atoms with Gasteiger partial charge in [0.05, 0.1) is 6.10 Å². The third-order valence-electron chi connectivity index (χ3n) is 0.960. The van der Waals surface area contributed by atoms with E-state index in [2.05, 4.69) is 5.32 Å². The van der Waals surface area contributed by atoms with E-state index < -0.39 is 0 Å². The summed E-state index contributed by atoms with van der Waals surface area (Å²) in [5.41, 5.74) is 0. The zero-order valence-electron chi connectivity index (χ0n) is 3.59. The molecule has 0 aliphatic carbocycles. The first kappa shape index (κ1) is 4.09. The van der Waals surface area contributed by atoms with Gasteiger partial charge >= 0.3 is 0 Å². The normalized spacial score (nSPS) is 34.5. The van der Waals surface area contributed by atoms with Crippen molar-refractivity contribution in [3.05, 3.63) is 0 Å². The average Bonchev–Trinajstić information content (AvgIpc) is 1.86. The summed E-state index contributed by atoms with van der Waals surface area (Å²) in [4.78, 5) is 0. The third kappa shape index (κ3) is 0.698. The van der Waals surface area contributed by atoms with Crippen LogP contribution in [0, 0.1) is 0 Å². The molecule has 1 fully saturated rings. The summed E-state index contributed by atoms with van der Waals surface area (Å²) in [5.74, 6) is 0. The van der Waals surface area contributed by atoms with Crippen molar-refractivity contribution >= 4 is 0 Å². The predicted molar refractivity (Wildman–Crippen MR) is 22.5 cm³/mol. The SMILES string of the molecule is O[C@H]1CC[N]C1. The van der Waals surface area contributed by atoms with Crippen LogP contribution in [0.3, 0.4) is 0 Å². The Hall–Kier alpha value is -0.0800. The minimum atomic E-state index is -0.120. The van der Waals surface area contributed by atoms with E-state index in [4.69, 9.17) is 5.11 Å². The van der Waals surface area contributed by atoms with Crippen LogP contribution in [0.4, 0.5) is 0 Å². The van der Waals surface area contributed by atoms with Gasteiger partial charge in [0, 0.05) is 13.1 Å². The molecule has 1 aliphatic rings. The Morgan fingerprint density at radius 3 is 2.67 bits per heavy atom. The topological polar surface area (TPSA) is 34.3 Å². The van der Waals surface area contributed by atoms with Crippen molar-refractivity contribution in [1.82, 2.24) is 5.32 Å². The van der Waals surface area contributed by atoms with Crippen LogP contribution in [0.2, 0.25) is 0 Å². The van der Waals surface area contributed by atoms with Crippen molar-refractivity contribution in [2.45, 2.75) is 12.5 Å². The maximum atomic E-state index is 8.64. The summed E-state index contributed by atoms with van der Waals surface area (Å²) in [7, 11) is 0. The van der Waals surface area contributed by atoms with E-state index in [9.17, 15) is 0 Å². The van der Waals surface area contributed by atoms with Crippen LogP contribution < -0.4 is 5.32 Å². The molecule has 1 radical (unpaired) electrons. The highest BCUT2D eigenvalue weighted by molar-refractivity contribution is 4.67. The van der Waals surface area contributed by atoms with Crippen molar-refractivity contribution in [1.29, 1.82) is 0 Å². The van der Waals surface area contributed by atoms with Gasteiger partial charge in [0.25, 0.3) is 0 Å². The third-order valence-corrected chi connectivity index (χ3v) is 0.960. The predicted octanol–water partition coefficient (Wildman–Crippen LogP) is -0.645. The maximum absolute atomic E-state index is 8.64. The largest absolute Gasteiger partial charge is 0.392 e. The van der Waals surface area contributed by atoms with Crippen LogP contribution in [0.1, 0.15) is 6.42 Å². The summed E-state index contributed by atoms with van der Waals surface area (Å²) in [6, 6.07) is 0. The fraction of sp³-hybridized carbons (Fsp3) is 1.00. The summed E-state index contributed by atoms with van der Waals surface area (Å²) in [5, 5.41) is 12.5. The molecule has 1 N–H and O–H groups in total. The number of hydrogen-bond donors (Lipinski definition) is 1. The molecule has 1 aliphatic heterocycles. The van der Waals surface area contributed by atoms with Crippen molar-refractivity contribution in [2.75, 3.05) is 13.1 Å². The summed E-state index contributed by atoms with van der Waals surface area (Å²) in [6.07, 6.45) is 0.755. The van der Waals surface area contributed by atoms with Crippen molar-refractivity contribution in [2.24, 2.45) is 0 Å². The molecule has 0 bridgehead atoms. The Bertz CT molecular complexity index is 40.8. The molecule has 1 rings (SSSR count). The molecular formula is C4H8NO. The zero-order chi connectivity index (χ0) is 4.41. The van der Waals surface area contributed by atoms with Gasteiger partial charge in [-0.1, -0.05) is 0 Å². The number of aliphatic hydroxyl groups is 1. The van der Waals surface area contributed by atoms with Crippen LogP contribution in [-0.2, 0) is 0 Å². The zero-order valence-corrected chi connectivity index (χ0v) is 3.59. The highest BCUT2D eigenvalue weighted by Crippen LogP contribution is 1.95. The summed E-state index contributed by atoms with van der Waals surface area (Å²) >= 11 is 0. The van der Waals surface area contributed by atoms with E-state index >= 15 is 0 Å². The second-order valence-electron chi connectivity index (χ2n) is 1.57. The van der Waals surface area contributed by atoms with E-state index in [1.807, 2.05) is 0 Å². The van der Waals surface area contributed by atoms with Gasteiger partial charge in [0.15, 0.2) is 0 Å². The number of rotatable bonds is 0. The van der Waals surface area contributed by atoms with Crippen molar-refractivity contribution in [3.63, 3.8) is 0 Å². The molecule has 2 nitrogen and oxygen atoms in total. The van der Waals surface area contributed by atoms with Crippen LogP contribution in [0.15, 0.2) is 0 Å². The number of hydrogen-bond acceptors (Lipinski definition) is 1. The smallest absolute Gasteiger partial charge is 0.0694 e. The van der Waals surface area contributed by atoms with E-state index in [1.165, 1.54) is 0 Å². The Balaban J connectivity index is 2.18. The van der Waals surface area contributed by atoms with E-state index in [0.29, 0.717) is 6.54 Å². The lowest BCUT2D eigenvalue weighted by Crippen LogP contribution is -2.06. The lowest BCUT2D eigenvalue weighted by atomic mass is 10.3. The molecule has 2 heteroatoms. The average molecular weight is 86.1 g/mol. The van der Waals surface area contributed by atoms with Gasteiger partial charge in [-0.3, -0.25) is 0 Å². The highest BCUT2D eigenvalue weighted by Gasteiger charge is 2.09. The van der Waals surface area contributed by atoms with E-state index in [0.717, 1.165) is 13.0 Å². The van der Waals surface area contributed by atoms with Crippen LogP contribution in [0.25, 0.3) is 0 Å². The molecule has 0 spiro atoms. The fourth-order valence-corrected chi connectivity index (χ4v) is 0.572. The maximum Gasteiger partial charge on any atom is 0.0694 e. The molecule has 1 heterocycles. The minimum absolute atomic E-state index is 0.120. The van der Waals surface area contributed by atoms with Crippen LogP contribution >= 0.6 is 0 Å². The molecule has 1 saturated heterocycles. The molecule has 0 amide bonds. The summed E-state index contributed by atoms with van der Waals surface area (Å²) in [6.45, 7) is 1.53. The summed E-state index contributed by atoms with van der Waals surface area (Å²) < 4.78 is 0. The molecule has 6 heavy (non-hydrogen) atoms. The first-order valence-electron chi connectivity index (χ1n) is 2.21. The first-order chi connectivity index (χ1) is 2.89. The molecule has 0 unspecified atom stereocenters. The van der Waals surface area contributed by atoms with Gasteiger partial charge in [-0.25, -0.2) is 5.32 Å². The fourth-order valence-electron chi connectivity index (χ4n) is 0.572. The Labute approximate surface area is 37.2 Å². The van der Waals surface area contributed by atoms with Crippen LogP contribution in [0.5, 0.6) is 0 Å². The Morgan fingerprint density at radius 2 is 2.50 bits per heavy atom. The lowest BCUT2D eigenvalue weighted by Gasteiger charge is -1.89. The molecule has 0 aromatic heterocycles. The second kappa shape index (κ2) is 1.58. The van der Waals surface area contributed by atoms with Gasteiger partial charge in [0.2, 0.25) is 0 Å². The Kier molecular flexibility index (Phi) is 1.08. The molecule has 0 aromatic rings. The molecule has 0 saturated carbocycles. The molecule has 1 atom stereocenters.